The van der Waals surface area contributed by atoms with Gasteiger partial charge in [0.1, 0.15) is 0 Å². The molecule has 0 radical (unpaired) electrons. The molecule has 0 spiro atoms. The molecule has 1 aliphatic rings. The minimum Gasteiger partial charge on any atom is -0.371 e. The van der Waals surface area contributed by atoms with E-state index in [0.29, 0.717) is 6.54 Å². The minimum absolute atomic E-state index is 0.0724. The minimum atomic E-state index is -0.419. The van der Waals surface area contributed by atoms with Crippen LogP contribution in [-0.4, -0.2) is 31.6 Å². The molecular weight excluding hydrogens is 226 g/mol. The van der Waals surface area contributed by atoms with Crippen molar-refractivity contribution >= 4 is 11.6 Å². The van der Waals surface area contributed by atoms with E-state index in [1.54, 1.807) is 6.92 Å². The maximum atomic E-state index is 11.3. The third-order valence-electron chi connectivity index (χ3n) is 3.30. The Morgan fingerprint density at radius 2 is 2.28 bits per heavy atom. The van der Waals surface area contributed by atoms with Gasteiger partial charge in [0.2, 0.25) is 5.91 Å². The Labute approximate surface area is 108 Å². The highest BCUT2D eigenvalue weighted by Crippen LogP contribution is 2.27. The first-order chi connectivity index (χ1) is 8.68. The summed E-state index contributed by atoms with van der Waals surface area (Å²) in [7, 11) is 0. The maximum Gasteiger partial charge on any atom is 0.236 e. The molecule has 98 valence electrons. The van der Waals surface area contributed by atoms with Gasteiger partial charge in [0.05, 0.1) is 6.04 Å². The Kier molecular flexibility index (Phi) is 4.20. The number of fused-ring (bicyclic) bond motifs is 1. The van der Waals surface area contributed by atoms with Gasteiger partial charge in [-0.1, -0.05) is 18.2 Å². The van der Waals surface area contributed by atoms with Crippen LogP contribution in [0.25, 0.3) is 0 Å². The monoisotopic (exact) mass is 247 g/mol. The van der Waals surface area contributed by atoms with Gasteiger partial charge < -0.3 is 16.0 Å². The van der Waals surface area contributed by atoms with Crippen molar-refractivity contribution in [1.82, 2.24) is 5.32 Å². The van der Waals surface area contributed by atoms with Crippen molar-refractivity contribution in [3.63, 3.8) is 0 Å². The Bertz CT molecular complexity index is 417. The van der Waals surface area contributed by atoms with E-state index in [1.165, 1.54) is 11.3 Å². The third kappa shape index (κ3) is 3.01. The molecule has 0 unspecified atom stereocenters. The molecule has 1 aromatic carbocycles. The van der Waals surface area contributed by atoms with E-state index in [9.17, 15) is 4.79 Å². The molecule has 0 bridgehead atoms. The standard InChI is InChI=1S/C14H21N3O/c1-11(15)14(18)16-8-4-9-17-10-7-12-5-2-3-6-13(12)17/h2-3,5-6,11H,4,7-10,15H2,1H3,(H,16,18)/t11-/m0/s1. The fraction of sp³-hybridized carbons (Fsp3) is 0.500. The molecular formula is C14H21N3O. The number of carbonyl (C=O) groups is 1. The lowest BCUT2D eigenvalue weighted by atomic mass is 10.2. The van der Waals surface area contributed by atoms with Gasteiger partial charge in [-0.15, -0.1) is 0 Å². The number of carbonyl (C=O) groups excluding carboxylic acids is 1. The van der Waals surface area contributed by atoms with Crippen LogP contribution in [0, 0.1) is 0 Å². The van der Waals surface area contributed by atoms with E-state index in [4.69, 9.17) is 5.73 Å². The molecule has 1 aliphatic heterocycles. The summed E-state index contributed by atoms with van der Waals surface area (Å²) >= 11 is 0. The van der Waals surface area contributed by atoms with Gasteiger partial charge in [0.15, 0.2) is 0 Å². The molecule has 1 amide bonds. The van der Waals surface area contributed by atoms with Crippen LogP contribution in [0.15, 0.2) is 24.3 Å². The number of anilines is 1. The van der Waals surface area contributed by atoms with E-state index in [-0.39, 0.29) is 5.91 Å². The van der Waals surface area contributed by atoms with Crippen molar-refractivity contribution in [3.05, 3.63) is 29.8 Å². The number of nitrogens with two attached hydrogens (primary N) is 1. The molecule has 18 heavy (non-hydrogen) atoms. The second kappa shape index (κ2) is 5.87. The van der Waals surface area contributed by atoms with E-state index >= 15 is 0 Å². The molecule has 1 atom stereocenters. The lowest BCUT2D eigenvalue weighted by molar-refractivity contribution is -0.121. The van der Waals surface area contributed by atoms with Crippen LogP contribution in [0.3, 0.4) is 0 Å². The molecule has 0 saturated carbocycles. The molecule has 4 heteroatoms. The number of rotatable bonds is 5. The zero-order chi connectivity index (χ0) is 13.0. The van der Waals surface area contributed by atoms with Gasteiger partial charge in [0.25, 0.3) is 0 Å². The van der Waals surface area contributed by atoms with Crippen LogP contribution in [0.4, 0.5) is 5.69 Å². The first-order valence-corrected chi connectivity index (χ1v) is 6.54. The van der Waals surface area contributed by atoms with Crippen LogP contribution in [0.2, 0.25) is 0 Å². The first kappa shape index (κ1) is 12.9. The van der Waals surface area contributed by atoms with Crippen LogP contribution in [0.5, 0.6) is 0 Å². The second-order valence-electron chi connectivity index (χ2n) is 4.80. The van der Waals surface area contributed by atoms with Crippen molar-refractivity contribution in [2.75, 3.05) is 24.5 Å². The van der Waals surface area contributed by atoms with E-state index in [2.05, 4.69) is 34.5 Å². The van der Waals surface area contributed by atoms with E-state index < -0.39 is 6.04 Å². The summed E-state index contributed by atoms with van der Waals surface area (Å²) in [6.45, 7) is 4.46. The van der Waals surface area contributed by atoms with Crippen molar-refractivity contribution in [2.24, 2.45) is 5.73 Å². The van der Waals surface area contributed by atoms with Crippen molar-refractivity contribution in [1.29, 1.82) is 0 Å². The highest BCUT2D eigenvalue weighted by atomic mass is 16.2. The molecule has 0 aromatic heterocycles. The van der Waals surface area contributed by atoms with Gasteiger partial charge in [-0.25, -0.2) is 0 Å². The Balaban J connectivity index is 1.74. The number of nitrogens with zero attached hydrogens (tertiary/aromatic N) is 1. The van der Waals surface area contributed by atoms with Crippen molar-refractivity contribution in [2.45, 2.75) is 25.8 Å². The van der Waals surface area contributed by atoms with E-state index in [0.717, 1.165) is 25.9 Å². The Morgan fingerprint density at radius 3 is 3.06 bits per heavy atom. The topological polar surface area (TPSA) is 58.4 Å². The summed E-state index contributed by atoms with van der Waals surface area (Å²) in [6, 6.07) is 8.11. The van der Waals surface area contributed by atoms with Crippen LogP contribution in [0.1, 0.15) is 18.9 Å². The van der Waals surface area contributed by atoms with Crippen molar-refractivity contribution in [3.8, 4) is 0 Å². The van der Waals surface area contributed by atoms with Gasteiger partial charge in [0, 0.05) is 25.3 Å². The smallest absolute Gasteiger partial charge is 0.236 e. The number of para-hydroxylation sites is 1. The molecule has 0 saturated heterocycles. The molecule has 1 aromatic rings. The summed E-state index contributed by atoms with van der Waals surface area (Å²) < 4.78 is 0. The normalized spacial score (nSPS) is 15.3. The first-order valence-electron chi connectivity index (χ1n) is 6.54. The summed E-state index contributed by atoms with van der Waals surface area (Å²) in [4.78, 5) is 13.7. The number of benzene rings is 1. The van der Waals surface area contributed by atoms with Crippen LogP contribution >= 0.6 is 0 Å². The second-order valence-corrected chi connectivity index (χ2v) is 4.80. The summed E-state index contributed by atoms with van der Waals surface area (Å²) in [5, 5.41) is 2.84. The van der Waals surface area contributed by atoms with Crippen LogP contribution in [-0.2, 0) is 11.2 Å². The zero-order valence-corrected chi connectivity index (χ0v) is 10.9. The lowest BCUT2D eigenvalue weighted by Crippen LogP contribution is -2.39. The number of hydrogen-bond acceptors (Lipinski definition) is 3. The van der Waals surface area contributed by atoms with Crippen LogP contribution < -0.4 is 16.0 Å². The fourth-order valence-electron chi connectivity index (χ4n) is 2.28. The predicted octanol–water partition coefficient (Wildman–Crippen LogP) is 0.903. The van der Waals surface area contributed by atoms with E-state index in [1.807, 2.05) is 0 Å². The highest BCUT2D eigenvalue weighted by Gasteiger charge is 2.17. The predicted molar refractivity (Wildman–Crippen MR) is 73.6 cm³/mol. The fourth-order valence-corrected chi connectivity index (χ4v) is 2.28. The third-order valence-corrected chi connectivity index (χ3v) is 3.30. The Morgan fingerprint density at radius 1 is 1.50 bits per heavy atom. The average molecular weight is 247 g/mol. The molecule has 2 rings (SSSR count). The summed E-state index contributed by atoms with van der Waals surface area (Å²) in [5.41, 5.74) is 8.25. The molecule has 4 nitrogen and oxygen atoms in total. The van der Waals surface area contributed by atoms with Gasteiger partial charge >= 0.3 is 0 Å². The molecule has 0 fully saturated rings. The van der Waals surface area contributed by atoms with Crippen molar-refractivity contribution < 1.29 is 4.79 Å². The average Bonchev–Trinajstić information content (AvgIpc) is 2.77. The quantitative estimate of drug-likeness (QED) is 0.760. The lowest BCUT2D eigenvalue weighted by Gasteiger charge is -2.19. The molecule has 1 heterocycles. The molecule has 0 aliphatic carbocycles. The summed E-state index contributed by atoms with van der Waals surface area (Å²) in [6.07, 6.45) is 2.08. The number of nitrogens with one attached hydrogen (secondary N) is 1. The van der Waals surface area contributed by atoms with Gasteiger partial charge in [-0.2, -0.15) is 0 Å². The molecule has 3 N–H and O–H groups in total. The van der Waals surface area contributed by atoms with Gasteiger partial charge in [-0.3, -0.25) is 4.79 Å². The number of amides is 1. The number of hydrogen-bond donors (Lipinski definition) is 2. The Hall–Kier alpha value is -1.55. The summed E-state index contributed by atoms with van der Waals surface area (Å²) in [5.74, 6) is -0.0724. The maximum absolute atomic E-state index is 11.3. The largest absolute Gasteiger partial charge is 0.371 e. The highest BCUT2D eigenvalue weighted by molar-refractivity contribution is 5.80. The zero-order valence-electron chi connectivity index (χ0n) is 10.9. The SMILES string of the molecule is C[C@H](N)C(=O)NCCCN1CCc2ccccc21. The van der Waals surface area contributed by atoms with Gasteiger partial charge in [-0.05, 0) is 31.4 Å².